The van der Waals surface area contributed by atoms with E-state index in [0.717, 1.165) is 35.1 Å². The molecular formula is C27H23N9O. The normalized spacial score (nSPS) is 11.3. The van der Waals surface area contributed by atoms with E-state index in [2.05, 4.69) is 42.4 Å². The third-order valence-corrected chi connectivity index (χ3v) is 6.02. The first-order valence-electron chi connectivity index (χ1n) is 12.1. The number of anilines is 1. The van der Waals surface area contributed by atoms with Crippen LogP contribution in [0.2, 0.25) is 0 Å². The van der Waals surface area contributed by atoms with E-state index in [1.165, 1.54) is 0 Å². The van der Waals surface area contributed by atoms with Crippen molar-refractivity contribution in [1.82, 2.24) is 40.1 Å². The molecule has 0 saturated carbocycles. The molecule has 0 unspecified atom stereocenters. The van der Waals surface area contributed by atoms with Crippen molar-refractivity contribution < 1.29 is 4.79 Å². The van der Waals surface area contributed by atoms with Gasteiger partial charge < -0.3 is 10.3 Å². The van der Waals surface area contributed by atoms with Gasteiger partial charge in [0.15, 0.2) is 11.5 Å². The number of carbonyl (C=O) groups excluding carboxylic acids is 1. The van der Waals surface area contributed by atoms with Crippen LogP contribution >= 0.6 is 0 Å². The number of fused-ring (bicyclic) bond motifs is 2. The number of amides is 1. The Morgan fingerprint density at radius 3 is 2.70 bits per heavy atom. The van der Waals surface area contributed by atoms with Crippen molar-refractivity contribution in [2.45, 2.75) is 26.2 Å². The fourth-order valence-corrected chi connectivity index (χ4v) is 4.17. The largest absolute Gasteiger partial charge is 0.336 e. The maximum Gasteiger partial charge on any atom is 0.224 e. The highest BCUT2D eigenvalue weighted by molar-refractivity contribution is 5.95. The van der Waals surface area contributed by atoms with Crippen molar-refractivity contribution >= 4 is 33.7 Å². The van der Waals surface area contributed by atoms with Crippen LogP contribution in [0, 0.1) is 0 Å². The van der Waals surface area contributed by atoms with Crippen LogP contribution in [0.15, 0.2) is 67.3 Å². The lowest BCUT2D eigenvalue weighted by atomic mass is 10.1. The monoisotopic (exact) mass is 489 g/mol. The van der Waals surface area contributed by atoms with Crippen LogP contribution in [-0.4, -0.2) is 46.0 Å². The van der Waals surface area contributed by atoms with Gasteiger partial charge in [0.05, 0.1) is 34.3 Å². The molecule has 0 saturated heterocycles. The molecule has 0 aromatic carbocycles. The van der Waals surface area contributed by atoms with Gasteiger partial charge in [0.1, 0.15) is 16.7 Å². The fraction of sp³-hybridized carbons (Fsp3) is 0.148. The van der Waals surface area contributed by atoms with E-state index in [4.69, 9.17) is 9.97 Å². The van der Waals surface area contributed by atoms with E-state index in [1.54, 1.807) is 24.8 Å². The first kappa shape index (κ1) is 22.5. The molecule has 0 atom stereocenters. The smallest absolute Gasteiger partial charge is 0.224 e. The molecule has 37 heavy (non-hydrogen) atoms. The van der Waals surface area contributed by atoms with Gasteiger partial charge in [0.25, 0.3) is 0 Å². The number of aromatic nitrogens is 8. The van der Waals surface area contributed by atoms with Crippen molar-refractivity contribution in [2.24, 2.45) is 0 Å². The zero-order valence-corrected chi connectivity index (χ0v) is 20.1. The summed E-state index contributed by atoms with van der Waals surface area (Å²) in [4.78, 5) is 38.4. The molecule has 0 bridgehead atoms. The molecular weight excluding hydrogens is 466 g/mol. The number of nitrogens with zero attached hydrogens (tertiary/aromatic N) is 6. The summed E-state index contributed by atoms with van der Waals surface area (Å²) < 4.78 is 0. The van der Waals surface area contributed by atoms with Gasteiger partial charge in [-0.1, -0.05) is 19.4 Å². The molecule has 0 radical (unpaired) electrons. The highest BCUT2D eigenvalue weighted by atomic mass is 16.1. The van der Waals surface area contributed by atoms with Gasteiger partial charge in [-0.25, -0.2) is 9.97 Å². The summed E-state index contributed by atoms with van der Waals surface area (Å²) >= 11 is 0. The number of nitrogens with one attached hydrogen (secondary N) is 3. The van der Waals surface area contributed by atoms with Gasteiger partial charge in [-0.2, -0.15) is 5.10 Å². The number of H-pyrrole nitrogens is 2. The number of aromatic amines is 2. The summed E-state index contributed by atoms with van der Waals surface area (Å²) in [5, 5.41) is 10.4. The molecule has 10 nitrogen and oxygen atoms in total. The molecule has 0 aliphatic rings. The molecule has 6 rings (SSSR count). The van der Waals surface area contributed by atoms with E-state index in [1.807, 2.05) is 42.5 Å². The Hall–Kier alpha value is -4.99. The zero-order valence-electron chi connectivity index (χ0n) is 20.1. The number of carbonyl (C=O) groups is 1. The molecule has 0 aliphatic carbocycles. The van der Waals surface area contributed by atoms with Crippen molar-refractivity contribution in [3.05, 3.63) is 67.3 Å². The molecule has 182 valence electrons. The highest BCUT2D eigenvalue weighted by Crippen LogP contribution is 2.30. The minimum atomic E-state index is -0.0224. The summed E-state index contributed by atoms with van der Waals surface area (Å²) in [5.41, 5.74) is 7.14. The summed E-state index contributed by atoms with van der Waals surface area (Å²) in [7, 11) is 0. The van der Waals surface area contributed by atoms with Crippen LogP contribution < -0.4 is 5.32 Å². The van der Waals surface area contributed by atoms with Crippen molar-refractivity contribution in [2.75, 3.05) is 5.32 Å². The number of unbranched alkanes of at least 4 members (excludes halogenated alkanes) is 1. The van der Waals surface area contributed by atoms with Crippen LogP contribution in [0.25, 0.3) is 56.2 Å². The average molecular weight is 490 g/mol. The van der Waals surface area contributed by atoms with E-state index in [0.29, 0.717) is 46.0 Å². The number of hydrogen-bond acceptors (Lipinski definition) is 7. The van der Waals surface area contributed by atoms with E-state index in [9.17, 15) is 4.79 Å². The third-order valence-electron chi connectivity index (χ3n) is 6.02. The van der Waals surface area contributed by atoms with Crippen LogP contribution in [0.1, 0.15) is 26.2 Å². The average Bonchev–Trinajstić information content (AvgIpc) is 3.56. The Kier molecular flexibility index (Phi) is 5.81. The van der Waals surface area contributed by atoms with Crippen molar-refractivity contribution in [1.29, 1.82) is 0 Å². The summed E-state index contributed by atoms with van der Waals surface area (Å²) in [6.45, 7) is 2.06. The Balaban J connectivity index is 1.37. The molecule has 1 amide bonds. The second-order valence-corrected chi connectivity index (χ2v) is 8.64. The molecule has 0 fully saturated rings. The SMILES string of the molecule is CCCCC(=O)Nc1cncc(-c2ccc3[nH]nc(-c4nc5c(-c6ccccn6)nccc5[nH]4)c3n2)c1. The van der Waals surface area contributed by atoms with Crippen LogP contribution in [0.4, 0.5) is 5.69 Å². The van der Waals surface area contributed by atoms with Crippen LogP contribution in [0.3, 0.4) is 0 Å². The minimum absolute atomic E-state index is 0.0224. The van der Waals surface area contributed by atoms with Gasteiger partial charge in [0, 0.05) is 30.6 Å². The lowest BCUT2D eigenvalue weighted by Gasteiger charge is -2.07. The Morgan fingerprint density at radius 2 is 1.84 bits per heavy atom. The first-order valence-corrected chi connectivity index (χ1v) is 12.1. The van der Waals surface area contributed by atoms with E-state index >= 15 is 0 Å². The van der Waals surface area contributed by atoms with Gasteiger partial charge in [-0.15, -0.1) is 0 Å². The second kappa shape index (κ2) is 9.57. The van der Waals surface area contributed by atoms with Crippen molar-refractivity contribution in [3.63, 3.8) is 0 Å². The Labute approximate surface area is 211 Å². The molecule has 0 aliphatic heterocycles. The number of hydrogen-bond donors (Lipinski definition) is 3. The number of rotatable bonds is 7. The van der Waals surface area contributed by atoms with Gasteiger partial charge in [-0.3, -0.25) is 24.8 Å². The lowest BCUT2D eigenvalue weighted by Crippen LogP contribution is -2.11. The van der Waals surface area contributed by atoms with E-state index < -0.39 is 0 Å². The molecule has 10 heteroatoms. The Bertz CT molecular complexity index is 1720. The molecule has 6 aromatic rings. The van der Waals surface area contributed by atoms with Crippen molar-refractivity contribution in [3.8, 4) is 34.2 Å². The summed E-state index contributed by atoms with van der Waals surface area (Å²) in [6, 6.07) is 13.3. The van der Waals surface area contributed by atoms with Gasteiger partial charge >= 0.3 is 0 Å². The predicted molar refractivity (Wildman–Crippen MR) is 141 cm³/mol. The first-order chi connectivity index (χ1) is 18.2. The second-order valence-electron chi connectivity index (χ2n) is 8.64. The predicted octanol–water partition coefficient (Wildman–Crippen LogP) is 5.15. The fourth-order valence-electron chi connectivity index (χ4n) is 4.17. The van der Waals surface area contributed by atoms with E-state index in [-0.39, 0.29) is 5.91 Å². The van der Waals surface area contributed by atoms with Crippen LogP contribution in [-0.2, 0) is 4.79 Å². The quantitative estimate of drug-likeness (QED) is 0.282. The number of imidazole rings is 1. The highest BCUT2D eigenvalue weighted by Gasteiger charge is 2.18. The minimum Gasteiger partial charge on any atom is -0.336 e. The topological polar surface area (TPSA) is 138 Å². The maximum absolute atomic E-state index is 12.2. The maximum atomic E-state index is 12.2. The molecule has 6 aromatic heterocycles. The zero-order chi connectivity index (χ0) is 25.2. The summed E-state index contributed by atoms with van der Waals surface area (Å²) in [5.74, 6) is 0.553. The molecule has 6 heterocycles. The number of pyridine rings is 4. The van der Waals surface area contributed by atoms with Crippen LogP contribution in [0.5, 0.6) is 0 Å². The lowest BCUT2D eigenvalue weighted by molar-refractivity contribution is -0.116. The molecule has 3 N–H and O–H groups in total. The Morgan fingerprint density at radius 1 is 0.919 bits per heavy atom. The summed E-state index contributed by atoms with van der Waals surface area (Å²) in [6.07, 6.45) is 9.12. The molecule has 0 spiro atoms. The van der Waals surface area contributed by atoms with Gasteiger partial charge in [0.2, 0.25) is 5.91 Å². The third kappa shape index (κ3) is 4.40. The standard InChI is InChI=1S/C27H23N9O/c1-2-3-7-22(37)31-17-13-16(14-28-15-17)18-8-9-21-25(32-18)26(36-35-21)27-33-20-10-12-30-23(24(20)34-27)19-6-4-5-11-29-19/h4-6,8-15H,2-3,7H2,1H3,(H,31,37)(H,33,34)(H,35,36). The van der Waals surface area contributed by atoms with Gasteiger partial charge in [-0.05, 0) is 42.8 Å².